The molecule has 6 heteroatoms. The lowest BCUT2D eigenvalue weighted by molar-refractivity contribution is 0.911. The Hall–Kier alpha value is -2.52. The summed E-state index contributed by atoms with van der Waals surface area (Å²) in [6.45, 7) is 0. The highest BCUT2D eigenvalue weighted by Crippen LogP contribution is 2.30. The van der Waals surface area contributed by atoms with Crippen LogP contribution in [-0.2, 0) is 12.8 Å². The van der Waals surface area contributed by atoms with Crippen LogP contribution >= 0.6 is 11.8 Å². The van der Waals surface area contributed by atoms with Crippen LogP contribution in [0.15, 0.2) is 47.9 Å². The van der Waals surface area contributed by atoms with Crippen molar-refractivity contribution in [3.8, 4) is 17.5 Å². The lowest BCUT2D eigenvalue weighted by atomic mass is 10.2. The van der Waals surface area contributed by atoms with Gasteiger partial charge in [0.15, 0.2) is 0 Å². The molecule has 0 atom stereocenters. The van der Waals surface area contributed by atoms with Gasteiger partial charge in [0.25, 0.3) is 0 Å². The highest BCUT2D eigenvalue weighted by atomic mass is 32.2. The summed E-state index contributed by atoms with van der Waals surface area (Å²) < 4.78 is 1.86. The second-order valence-corrected chi connectivity index (χ2v) is 5.52. The van der Waals surface area contributed by atoms with Crippen molar-refractivity contribution in [3.63, 3.8) is 0 Å². The number of nitrogens with one attached hydrogen (secondary N) is 1. The summed E-state index contributed by atoms with van der Waals surface area (Å²) in [6, 6.07) is 12.4. The minimum absolute atomic E-state index is 0.569. The Balaban J connectivity index is 1.86. The SMILES string of the molecule is Cn1cncc1-c1[nH]nc(SCc2ccccc2)c1C#N. The first kappa shape index (κ1) is 13.5. The van der Waals surface area contributed by atoms with E-state index in [2.05, 4.69) is 33.4 Å². The van der Waals surface area contributed by atoms with E-state index in [1.54, 1.807) is 24.3 Å². The first-order valence-corrected chi connectivity index (χ1v) is 7.40. The van der Waals surface area contributed by atoms with Gasteiger partial charge in [-0.05, 0) is 5.56 Å². The molecule has 0 fully saturated rings. The van der Waals surface area contributed by atoms with Gasteiger partial charge >= 0.3 is 0 Å². The van der Waals surface area contributed by atoms with E-state index in [-0.39, 0.29) is 0 Å². The Morgan fingerprint density at radius 3 is 2.81 bits per heavy atom. The van der Waals surface area contributed by atoms with Gasteiger partial charge in [-0.3, -0.25) is 5.10 Å². The maximum absolute atomic E-state index is 9.42. The Morgan fingerprint density at radius 2 is 2.14 bits per heavy atom. The molecule has 0 aliphatic rings. The third kappa shape index (κ3) is 2.69. The van der Waals surface area contributed by atoms with E-state index < -0.39 is 0 Å². The minimum atomic E-state index is 0.569. The summed E-state index contributed by atoms with van der Waals surface area (Å²) in [5, 5.41) is 17.4. The van der Waals surface area contributed by atoms with E-state index in [0.717, 1.165) is 16.5 Å². The molecular formula is C15H13N5S. The minimum Gasteiger partial charge on any atom is -0.332 e. The van der Waals surface area contributed by atoms with Gasteiger partial charge in [-0.1, -0.05) is 42.1 Å². The third-order valence-corrected chi connectivity index (χ3v) is 4.18. The van der Waals surface area contributed by atoms with Crippen LogP contribution in [0.25, 0.3) is 11.4 Å². The average Bonchev–Trinajstić information content (AvgIpc) is 3.11. The summed E-state index contributed by atoms with van der Waals surface area (Å²) in [5.41, 5.74) is 3.34. The molecule has 0 saturated heterocycles. The van der Waals surface area contributed by atoms with Gasteiger partial charge in [0.05, 0.1) is 18.2 Å². The average molecular weight is 295 g/mol. The highest BCUT2D eigenvalue weighted by molar-refractivity contribution is 7.98. The van der Waals surface area contributed by atoms with Gasteiger partial charge in [0.1, 0.15) is 22.4 Å². The van der Waals surface area contributed by atoms with E-state index in [1.807, 2.05) is 29.8 Å². The lowest BCUT2D eigenvalue weighted by Crippen LogP contribution is -1.91. The van der Waals surface area contributed by atoms with Crippen LogP contribution in [0.3, 0.4) is 0 Å². The third-order valence-electron chi connectivity index (χ3n) is 3.14. The Morgan fingerprint density at radius 1 is 1.33 bits per heavy atom. The summed E-state index contributed by atoms with van der Waals surface area (Å²) >= 11 is 1.55. The van der Waals surface area contributed by atoms with Gasteiger partial charge in [-0.15, -0.1) is 0 Å². The van der Waals surface area contributed by atoms with E-state index in [9.17, 15) is 5.26 Å². The van der Waals surface area contributed by atoms with Gasteiger partial charge in [0, 0.05) is 12.8 Å². The van der Waals surface area contributed by atoms with Crippen LogP contribution in [0.2, 0.25) is 0 Å². The molecule has 3 aromatic rings. The molecule has 0 saturated carbocycles. The fourth-order valence-electron chi connectivity index (χ4n) is 2.04. The zero-order chi connectivity index (χ0) is 14.7. The monoisotopic (exact) mass is 295 g/mol. The molecule has 2 heterocycles. The first-order chi connectivity index (χ1) is 10.3. The van der Waals surface area contributed by atoms with Crippen LogP contribution in [-0.4, -0.2) is 19.7 Å². The predicted molar refractivity (Wildman–Crippen MR) is 81.5 cm³/mol. The van der Waals surface area contributed by atoms with Crippen LogP contribution in [0.5, 0.6) is 0 Å². The number of H-pyrrole nitrogens is 1. The molecule has 2 aromatic heterocycles. The van der Waals surface area contributed by atoms with Crippen LogP contribution in [0, 0.1) is 11.3 Å². The molecule has 0 spiro atoms. The molecule has 104 valence electrons. The first-order valence-electron chi connectivity index (χ1n) is 6.41. The number of benzene rings is 1. The predicted octanol–water partition coefficient (Wildman–Crippen LogP) is 2.97. The molecule has 0 amide bonds. The summed E-state index contributed by atoms with van der Waals surface area (Å²) in [7, 11) is 1.89. The van der Waals surface area contributed by atoms with Crippen molar-refractivity contribution in [2.24, 2.45) is 7.05 Å². The molecule has 3 rings (SSSR count). The van der Waals surface area contributed by atoms with E-state index in [0.29, 0.717) is 11.3 Å². The Kier molecular flexibility index (Phi) is 3.75. The zero-order valence-corrected chi connectivity index (χ0v) is 12.3. The number of hydrogen-bond acceptors (Lipinski definition) is 4. The number of aromatic amines is 1. The molecule has 1 N–H and O–H groups in total. The Labute approximate surface area is 126 Å². The fourth-order valence-corrected chi connectivity index (χ4v) is 2.94. The van der Waals surface area contributed by atoms with Gasteiger partial charge in [-0.2, -0.15) is 10.4 Å². The van der Waals surface area contributed by atoms with E-state index in [1.165, 1.54) is 5.56 Å². The quantitative estimate of drug-likeness (QED) is 0.751. The molecule has 1 aromatic carbocycles. The van der Waals surface area contributed by atoms with Crippen molar-refractivity contribution < 1.29 is 0 Å². The molecule has 0 aliphatic heterocycles. The highest BCUT2D eigenvalue weighted by Gasteiger charge is 2.17. The number of rotatable bonds is 4. The standard InChI is InChI=1S/C15H13N5S/c1-20-10-17-8-13(20)14-12(7-16)15(19-18-14)21-9-11-5-3-2-4-6-11/h2-6,8,10H,9H2,1H3,(H,18,19). The number of nitriles is 1. The van der Waals surface area contributed by atoms with Crippen LogP contribution in [0.4, 0.5) is 0 Å². The van der Waals surface area contributed by atoms with Gasteiger partial charge in [-0.25, -0.2) is 4.98 Å². The normalized spacial score (nSPS) is 10.5. The second kappa shape index (κ2) is 5.85. The van der Waals surface area contributed by atoms with Crippen LogP contribution < -0.4 is 0 Å². The Bertz CT molecular complexity index is 782. The van der Waals surface area contributed by atoms with Crippen molar-refractivity contribution in [1.82, 2.24) is 19.7 Å². The molecule has 5 nitrogen and oxygen atoms in total. The topological polar surface area (TPSA) is 70.3 Å². The number of thioether (sulfide) groups is 1. The number of aryl methyl sites for hydroxylation is 1. The number of aromatic nitrogens is 4. The van der Waals surface area contributed by atoms with Crippen molar-refractivity contribution in [3.05, 3.63) is 54.0 Å². The summed E-state index contributed by atoms with van der Waals surface area (Å²) in [5.74, 6) is 0.783. The lowest BCUT2D eigenvalue weighted by Gasteiger charge is -2.00. The van der Waals surface area contributed by atoms with Crippen molar-refractivity contribution in [2.45, 2.75) is 10.8 Å². The largest absolute Gasteiger partial charge is 0.332 e. The number of hydrogen-bond donors (Lipinski definition) is 1. The van der Waals surface area contributed by atoms with Crippen molar-refractivity contribution in [1.29, 1.82) is 5.26 Å². The summed E-state index contributed by atoms with van der Waals surface area (Å²) in [4.78, 5) is 4.08. The maximum Gasteiger partial charge on any atom is 0.137 e. The summed E-state index contributed by atoms with van der Waals surface area (Å²) in [6.07, 6.45) is 3.42. The molecular weight excluding hydrogens is 282 g/mol. The van der Waals surface area contributed by atoms with Crippen molar-refractivity contribution >= 4 is 11.8 Å². The zero-order valence-electron chi connectivity index (χ0n) is 11.4. The van der Waals surface area contributed by atoms with Crippen LogP contribution in [0.1, 0.15) is 11.1 Å². The molecule has 0 bridgehead atoms. The van der Waals surface area contributed by atoms with Gasteiger partial charge in [0.2, 0.25) is 0 Å². The number of nitrogens with zero attached hydrogens (tertiary/aromatic N) is 4. The van der Waals surface area contributed by atoms with Gasteiger partial charge < -0.3 is 4.57 Å². The smallest absolute Gasteiger partial charge is 0.137 e. The maximum atomic E-state index is 9.42. The number of imidazole rings is 1. The fraction of sp³-hybridized carbons (Fsp3) is 0.133. The second-order valence-electron chi connectivity index (χ2n) is 4.55. The van der Waals surface area contributed by atoms with Crippen molar-refractivity contribution in [2.75, 3.05) is 0 Å². The molecule has 0 radical (unpaired) electrons. The molecule has 0 aliphatic carbocycles. The molecule has 0 unspecified atom stereocenters. The molecule has 21 heavy (non-hydrogen) atoms. The van der Waals surface area contributed by atoms with E-state index in [4.69, 9.17) is 0 Å². The van der Waals surface area contributed by atoms with E-state index >= 15 is 0 Å².